The lowest BCUT2D eigenvalue weighted by Crippen LogP contribution is -2.68. The Bertz CT molecular complexity index is 1470. The Morgan fingerprint density at radius 3 is 2.42 bits per heavy atom. The second-order valence-corrected chi connectivity index (χ2v) is 11.8. The molecule has 11 nitrogen and oxygen atoms in total. The van der Waals surface area contributed by atoms with Crippen LogP contribution in [0.3, 0.4) is 0 Å². The fourth-order valence-electron chi connectivity index (χ4n) is 6.90. The molecule has 0 amide bonds. The summed E-state index contributed by atoms with van der Waals surface area (Å²) in [6.45, 7) is 5.28. The summed E-state index contributed by atoms with van der Waals surface area (Å²) >= 11 is 0. The Morgan fingerprint density at radius 2 is 1.77 bits per heavy atom. The van der Waals surface area contributed by atoms with Crippen LogP contribution in [0.5, 0.6) is 17.2 Å². The highest BCUT2D eigenvalue weighted by Crippen LogP contribution is 2.54. The van der Waals surface area contributed by atoms with E-state index < -0.39 is 64.9 Å². The number of ether oxygens (including phenoxy) is 3. The summed E-state index contributed by atoms with van der Waals surface area (Å²) in [5.41, 5.74) is -2.67. The van der Waals surface area contributed by atoms with Crippen LogP contribution >= 0.6 is 0 Å². The van der Waals surface area contributed by atoms with Crippen LogP contribution in [0.15, 0.2) is 12.1 Å². The summed E-state index contributed by atoms with van der Waals surface area (Å²) in [6, 6.07) is 1.92. The number of benzene rings is 2. The molecule has 0 radical (unpaired) electrons. The van der Waals surface area contributed by atoms with Crippen LogP contribution in [-0.4, -0.2) is 92.8 Å². The molecule has 2 bridgehead atoms. The van der Waals surface area contributed by atoms with E-state index in [1.165, 1.54) is 12.1 Å². The monoisotopic (exact) mass is 555 g/mol. The minimum atomic E-state index is -1.50. The molecule has 11 heteroatoms. The van der Waals surface area contributed by atoms with Gasteiger partial charge in [-0.25, -0.2) is 0 Å². The van der Waals surface area contributed by atoms with Crippen LogP contribution in [0, 0.1) is 0 Å². The average molecular weight is 556 g/mol. The average Bonchev–Trinajstić information content (AvgIpc) is 2.85. The summed E-state index contributed by atoms with van der Waals surface area (Å²) < 4.78 is 17.7. The number of phenols is 2. The molecule has 214 valence electrons. The molecule has 0 saturated carbocycles. The molecule has 5 N–H and O–H groups in total. The smallest absolute Gasteiger partial charge is 0.228 e. The lowest BCUT2D eigenvalue weighted by Gasteiger charge is -2.53. The number of aliphatic hydroxyl groups excluding tert-OH is 2. The minimum absolute atomic E-state index is 0.0812. The maximum atomic E-state index is 14.1. The summed E-state index contributed by atoms with van der Waals surface area (Å²) in [7, 11) is 3.37. The van der Waals surface area contributed by atoms with Crippen molar-refractivity contribution < 1.29 is 49.3 Å². The number of hydrogen-bond donors (Lipinski definition) is 5. The molecule has 7 unspecified atom stereocenters. The molecule has 0 aromatic heterocycles. The van der Waals surface area contributed by atoms with Gasteiger partial charge in [0.15, 0.2) is 5.78 Å². The van der Waals surface area contributed by atoms with Crippen LogP contribution in [0.1, 0.15) is 81.8 Å². The number of ketones is 2. The highest BCUT2D eigenvalue weighted by atomic mass is 16.7. The van der Waals surface area contributed by atoms with Gasteiger partial charge in [0.2, 0.25) is 12.1 Å². The van der Waals surface area contributed by atoms with Crippen molar-refractivity contribution in [1.29, 1.82) is 0 Å². The number of carbonyl (C=O) groups is 2. The third-order valence-corrected chi connectivity index (χ3v) is 8.74. The molecule has 2 aliphatic carbocycles. The molecule has 40 heavy (non-hydrogen) atoms. The Hall–Kier alpha value is -3.06. The van der Waals surface area contributed by atoms with E-state index in [1.54, 1.807) is 39.8 Å². The second-order valence-electron chi connectivity index (χ2n) is 11.8. The van der Waals surface area contributed by atoms with Crippen molar-refractivity contribution in [2.45, 2.75) is 75.5 Å². The molecular formula is C29H33NO10. The maximum absolute atomic E-state index is 14.1. The number of rotatable bonds is 3. The Kier molecular flexibility index (Phi) is 5.91. The van der Waals surface area contributed by atoms with E-state index in [0.29, 0.717) is 17.7 Å². The topological polar surface area (TPSA) is 166 Å². The summed E-state index contributed by atoms with van der Waals surface area (Å²) in [5, 5.41) is 55.6. The molecule has 1 saturated heterocycles. The van der Waals surface area contributed by atoms with Crippen LogP contribution < -0.4 is 4.74 Å². The van der Waals surface area contributed by atoms with Gasteiger partial charge in [-0.05, 0) is 52.6 Å². The van der Waals surface area contributed by atoms with Gasteiger partial charge in [-0.2, -0.15) is 0 Å². The first-order chi connectivity index (χ1) is 18.7. The van der Waals surface area contributed by atoms with Gasteiger partial charge in [0.05, 0.1) is 34.4 Å². The first kappa shape index (κ1) is 27.1. The molecular weight excluding hydrogens is 522 g/mol. The third kappa shape index (κ3) is 3.52. The first-order valence-corrected chi connectivity index (χ1v) is 13.3. The van der Waals surface area contributed by atoms with Crippen molar-refractivity contribution in [2.24, 2.45) is 0 Å². The normalized spacial score (nSPS) is 34.1. The van der Waals surface area contributed by atoms with Gasteiger partial charge in [0.25, 0.3) is 0 Å². The number of phenolic OH excluding ortho intramolecular Hbond substituents is 2. The molecule has 2 heterocycles. The standard InChI is InChI=1S/C29H33NO10/c1-6-38-15-10-28(2,37)9-11-7-12-17(22(33)16(11)15)23(34)18-14(31)8-13-25(19(18)21(12)32)39-27-24(35)20(30(4)5)26(36)29(13,3)40-27/h7-8,15,20,24,26-27,31,33,35-37H,6,9-10H2,1-5H3. The van der Waals surface area contributed by atoms with E-state index in [9.17, 15) is 35.1 Å². The van der Waals surface area contributed by atoms with Crippen molar-refractivity contribution in [3.8, 4) is 17.2 Å². The lowest BCUT2D eigenvalue weighted by molar-refractivity contribution is -0.311. The highest BCUT2D eigenvalue weighted by molar-refractivity contribution is 6.31. The number of likely N-dealkylation sites (N-methyl/N-ethyl adjacent to an activating group) is 1. The summed E-state index contributed by atoms with van der Waals surface area (Å²) in [4.78, 5) is 29.7. The van der Waals surface area contributed by atoms with E-state index in [-0.39, 0.29) is 46.4 Å². The minimum Gasteiger partial charge on any atom is -0.507 e. The van der Waals surface area contributed by atoms with Crippen LogP contribution in [-0.2, 0) is 21.5 Å². The molecule has 2 aliphatic heterocycles. The van der Waals surface area contributed by atoms with Crippen molar-refractivity contribution in [3.05, 3.63) is 51.1 Å². The predicted molar refractivity (Wildman–Crippen MR) is 139 cm³/mol. The van der Waals surface area contributed by atoms with E-state index in [1.807, 2.05) is 0 Å². The van der Waals surface area contributed by atoms with Crippen molar-refractivity contribution in [3.63, 3.8) is 0 Å². The number of aliphatic hydroxyl groups is 3. The molecule has 2 aromatic carbocycles. The van der Waals surface area contributed by atoms with E-state index in [4.69, 9.17) is 14.2 Å². The quantitative estimate of drug-likeness (QED) is 0.316. The molecule has 1 fully saturated rings. The molecule has 2 aromatic rings. The molecule has 4 aliphatic rings. The number of fused-ring (bicyclic) bond motifs is 8. The number of hydrogen-bond acceptors (Lipinski definition) is 11. The van der Waals surface area contributed by atoms with Crippen molar-refractivity contribution >= 4 is 11.6 Å². The zero-order valence-corrected chi connectivity index (χ0v) is 22.9. The van der Waals surface area contributed by atoms with Crippen molar-refractivity contribution in [1.82, 2.24) is 4.90 Å². The third-order valence-electron chi connectivity index (χ3n) is 8.74. The number of carbonyl (C=O) groups excluding carboxylic acids is 2. The highest BCUT2D eigenvalue weighted by Gasteiger charge is 2.59. The molecule has 7 atom stereocenters. The fraction of sp³-hybridized carbons (Fsp3) is 0.517. The van der Waals surface area contributed by atoms with Gasteiger partial charge < -0.3 is 44.6 Å². The lowest BCUT2D eigenvalue weighted by atomic mass is 9.72. The van der Waals surface area contributed by atoms with Crippen LogP contribution in [0.4, 0.5) is 0 Å². The zero-order chi connectivity index (χ0) is 29.0. The van der Waals surface area contributed by atoms with Gasteiger partial charge in [-0.1, -0.05) is 0 Å². The SMILES string of the molecule is CCOC1CC(C)(O)Cc2cc3c(c(O)c21)C(=O)c1c(O)cc2c(c1C3=O)OC1OC2(C)C(O)C(N(C)C)C1O. The number of aromatic hydroxyl groups is 2. The fourth-order valence-corrected chi connectivity index (χ4v) is 6.90. The van der Waals surface area contributed by atoms with Gasteiger partial charge in [0, 0.05) is 36.1 Å². The summed E-state index contributed by atoms with van der Waals surface area (Å²) in [6.07, 6.45) is -4.26. The van der Waals surface area contributed by atoms with Crippen LogP contribution in [0.2, 0.25) is 0 Å². The Morgan fingerprint density at radius 1 is 1.07 bits per heavy atom. The Balaban J connectivity index is 1.57. The van der Waals surface area contributed by atoms with Gasteiger partial charge in [-0.3, -0.25) is 9.59 Å². The predicted octanol–water partition coefficient (Wildman–Crippen LogP) is 1.26. The van der Waals surface area contributed by atoms with E-state index >= 15 is 0 Å². The first-order valence-electron chi connectivity index (χ1n) is 13.3. The van der Waals surface area contributed by atoms with Gasteiger partial charge >= 0.3 is 0 Å². The number of nitrogens with zero attached hydrogens (tertiary/aromatic N) is 1. The van der Waals surface area contributed by atoms with E-state index in [0.717, 1.165) is 0 Å². The zero-order valence-electron chi connectivity index (χ0n) is 22.9. The summed E-state index contributed by atoms with van der Waals surface area (Å²) in [5.74, 6) is -2.51. The maximum Gasteiger partial charge on any atom is 0.228 e. The largest absolute Gasteiger partial charge is 0.507 e. The molecule has 0 spiro atoms. The Labute approximate surface area is 230 Å². The second kappa shape index (κ2) is 8.72. The van der Waals surface area contributed by atoms with Gasteiger partial charge in [-0.15, -0.1) is 0 Å². The van der Waals surface area contributed by atoms with Crippen molar-refractivity contribution in [2.75, 3.05) is 20.7 Å². The van der Waals surface area contributed by atoms with Crippen LogP contribution in [0.25, 0.3) is 0 Å². The molecule has 6 rings (SSSR count). The van der Waals surface area contributed by atoms with E-state index in [2.05, 4.69) is 0 Å². The van der Waals surface area contributed by atoms with Gasteiger partial charge in [0.1, 0.15) is 35.1 Å².